The van der Waals surface area contributed by atoms with Gasteiger partial charge in [-0.05, 0) is 12.1 Å². The predicted molar refractivity (Wildman–Crippen MR) is 54.3 cm³/mol. The van der Waals surface area contributed by atoms with Crippen LogP contribution in [0.2, 0.25) is 0 Å². The number of aliphatic hydroxyl groups excluding tert-OH is 1. The second-order valence-corrected chi connectivity index (χ2v) is 3.29. The minimum absolute atomic E-state index is 0.0000698. The van der Waals surface area contributed by atoms with Crippen LogP contribution in [0.3, 0.4) is 0 Å². The van der Waals surface area contributed by atoms with Crippen molar-refractivity contribution < 1.29 is 19.3 Å². The van der Waals surface area contributed by atoms with Crippen LogP contribution in [0.1, 0.15) is 0 Å². The second kappa shape index (κ2) is 5.00. The Hall–Kier alpha value is -1.26. The Labute approximate surface area is 88.4 Å². The molecule has 1 atom stereocenters. The highest BCUT2D eigenvalue weighted by atomic mass is 16.6. The number of para-hydroxylation sites is 2. The van der Waals surface area contributed by atoms with Crippen LogP contribution in [-0.2, 0) is 4.74 Å². The molecule has 0 unspecified atom stereocenters. The summed E-state index contributed by atoms with van der Waals surface area (Å²) >= 11 is 0. The topological polar surface area (TPSA) is 51.2 Å². The van der Waals surface area contributed by atoms with E-state index in [4.69, 9.17) is 19.3 Å². The Morgan fingerprint density at radius 3 is 2.53 bits per heavy atom. The van der Waals surface area contributed by atoms with Gasteiger partial charge in [0.05, 0.1) is 13.2 Å². The first-order valence-corrected chi connectivity index (χ1v) is 4.97. The maximum absolute atomic E-state index is 8.66. The summed E-state index contributed by atoms with van der Waals surface area (Å²) in [6, 6.07) is 7.41. The van der Waals surface area contributed by atoms with E-state index in [0.717, 1.165) is 6.61 Å². The third-order valence-corrected chi connectivity index (χ3v) is 2.03. The standard InChI is InChI=1S/C11H14O4/c12-5-6-13-10-3-1-2-4-11(10)15-8-9-7-14-9/h1-4,9,12H,5-8H2/t9-/m1/s1. The van der Waals surface area contributed by atoms with Crippen LogP contribution < -0.4 is 9.47 Å². The first-order valence-electron chi connectivity index (χ1n) is 4.97. The van der Waals surface area contributed by atoms with Gasteiger partial charge in [-0.25, -0.2) is 0 Å². The molecule has 0 aromatic heterocycles. The lowest BCUT2D eigenvalue weighted by Gasteiger charge is -2.10. The summed E-state index contributed by atoms with van der Waals surface area (Å²) in [5.41, 5.74) is 0. The number of aliphatic hydroxyl groups is 1. The number of rotatable bonds is 6. The van der Waals surface area contributed by atoms with Crippen LogP contribution in [0.4, 0.5) is 0 Å². The van der Waals surface area contributed by atoms with Crippen LogP contribution in [0.15, 0.2) is 24.3 Å². The fourth-order valence-corrected chi connectivity index (χ4v) is 1.19. The van der Waals surface area contributed by atoms with E-state index < -0.39 is 0 Å². The van der Waals surface area contributed by atoms with Crippen molar-refractivity contribution in [3.8, 4) is 11.5 Å². The Bertz CT molecular complexity index is 309. The average Bonchev–Trinajstić information content (AvgIpc) is 3.08. The van der Waals surface area contributed by atoms with Gasteiger partial charge in [0.15, 0.2) is 11.5 Å². The molecule has 0 aliphatic carbocycles. The van der Waals surface area contributed by atoms with E-state index in [0.29, 0.717) is 18.1 Å². The van der Waals surface area contributed by atoms with Gasteiger partial charge in [0.25, 0.3) is 0 Å². The molecule has 1 aliphatic heterocycles. The normalized spacial score (nSPS) is 18.6. The molecule has 1 N–H and O–H groups in total. The molecule has 1 aromatic rings. The summed E-state index contributed by atoms with van der Waals surface area (Å²) in [6.45, 7) is 1.61. The molecule has 1 saturated heterocycles. The van der Waals surface area contributed by atoms with Gasteiger partial charge in [-0.1, -0.05) is 12.1 Å². The van der Waals surface area contributed by atoms with Crippen molar-refractivity contribution in [1.82, 2.24) is 0 Å². The molecule has 4 nitrogen and oxygen atoms in total. The quantitative estimate of drug-likeness (QED) is 0.707. The van der Waals surface area contributed by atoms with Crippen molar-refractivity contribution in [2.45, 2.75) is 6.10 Å². The van der Waals surface area contributed by atoms with E-state index in [1.165, 1.54) is 0 Å². The lowest BCUT2D eigenvalue weighted by atomic mass is 10.3. The largest absolute Gasteiger partial charge is 0.487 e. The van der Waals surface area contributed by atoms with Crippen molar-refractivity contribution in [2.75, 3.05) is 26.4 Å². The van der Waals surface area contributed by atoms with Gasteiger partial charge in [-0.3, -0.25) is 0 Å². The molecule has 0 spiro atoms. The number of hydrogen-bond acceptors (Lipinski definition) is 4. The first kappa shape index (κ1) is 10.3. The maximum Gasteiger partial charge on any atom is 0.161 e. The molecule has 1 heterocycles. The SMILES string of the molecule is OCCOc1ccccc1OC[C@H]1CO1. The van der Waals surface area contributed by atoms with Crippen LogP contribution in [0, 0.1) is 0 Å². The zero-order chi connectivity index (χ0) is 10.5. The molecular weight excluding hydrogens is 196 g/mol. The summed E-state index contributed by atoms with van der Waals surface area (Å²) in [5, 5.41) is 8.66. The number of ether oxygens (including phenoxy) is 3. The Morgan fingerprint density at radius 1 is 1.27 bits per heavy atom. The minimum atomic E-state index is 0.0000698. The van der Waals surface area contributed by atoms with Crippen LogP contribution in [0.25, 0.3) is 0 Å². The minimum Gasteiger partial charge on any atom is -0.487 e. The van der Waals surface area contributed by atoms with E-state index in [2.05, 4.69) is 0 Å². The summed E-state index contributed by atoms with van der Waals surface area (Å²) in [7, 11) is 0. The van der Waals surface area contributed by atoms with Crippen molar-refractivity contribution in [3.63, 3.8) is 0 Å². The van der Waals surface area contributed by atoms with E-state index in [9.17, 15) is 0 Å². The van der Waals surface area contributed by atoms with E-state index in [1.54, 1.807) is 0 Å². The predicted octanol–water partition coefficient (Wildman–Crippen LogP) is 0.835. The van der Waals surface area contributed by atoms with E-state index in [1.807, 2.05) is 24.3 Å². The fourth-order valence-electron chi connectivity index (χ4n) is 1.19. The van der Waals surface area contributed by atoms with Gasteiger partial charge in [0.2, 0.25) is 0 Å². The Balaban J connectivity index is 1.93. The van der Waals surface area contributed by atoms with Gasteiger partial charge < -0.3 is 19.3 Å². The second-order valence-electron chi connectivity index (χ2n) is 3.29. The van der Waals surface area contributed by atoms with E-state index >= 15 is 0 Å². The smallest absolute Gasteiger partial charge is 0.161 e. The molecule has 0 amide bonds. The molecule has 15 heavy (non-hydrogen) atoms. The average molecular weight is 210 g/mol. The van der Waals surface area contributed by atoms with Gasteiger partial charge in [-0.2, -0.15) is 0 Å². The van der Waals surface area contributed by atoms with Gasteiger partial charge in [-0.15, -0.1) is 0 Å². The zero-order valence-corrected chi connectivity index (χ0v) is 8.39. The highest BCUT2D eigenvalue weighted by molar-refractivity contribution is 5.39. The molecule has 0 radical (unpaired) electrons. The molecular formula is C11H14O4. The lowest BCUT2D eigenvalue weighted by Crippen LogP contribution is -2.07. The molecule has 1 aliphatic rings. The summed E-state index contributed by atoms with van der Waals surface area (Å²) in [4.78, 5) is 0. The molecule has 2 rings (SSSR count). The Kier molecular flexibility index (Phi) is 3.42. The van der Waals surface area contributed by atoms with Crippen LogP contribution >= 0.6 is 0 Å². The summed E-state index contributed by atoms with van der Waals surface area (Å²) in [5.74, 6) is 1.36. The van der Waals surface area contributed by atoms with Crippen LogP contribution in [0.5, 0.6) is 11.5 Å². The third-order valence-electron chi connectivity index (χ3n) is 2.03. The zero-order valence-electron chi connectivity index (χ0n) is 8.39. The van der Waals surface area contributed by atoms with Crippen molar-refractivity contribution in [2.24, 2.45) is 0 Å². The van der Waals surface area contributed by atoms with Gasteiger partial charge in [0, 0.05) is 0 Å². The first-order chi connectivity index (χ1) is 7.40. The molecule has 0 bridgehead atoms. The van der Waals surface area contributed by atoms with Gasteiger partial charge in [0.1, 0.15) is 19.3 Å². The third kappa shape index (κ3) is 3.11. The van der Waals surface area contributed by atoms with Crippen molar-refractivity contribution in [3.05, 3.63) is 24.3 Å². The van der Waals surface area contributed by atoms with E-state index in [-0.39, 0.29) is 19.3 Å². The molecule has 0 saturated carbocycles. The Morgan fingerprint density at radius 2 is 1.93 bits per heavy atom. The summed E-state index contributed by atoms with van der Waals surface area (Å²) < 4.78 is 15.9. The number of epoxide rings is 1. The number of hydrogen-bond donors (Lipinski definition) is 1. The number of benzene rings is 1. The molecule has 1 fully saturated rings. The fraction of sp³-hybridized carbons (Fsp3) is 0.455. The van der Waals surface area contributed by atoms with Crippen molar-refractivity contribution in [1.29, 1.82) is 0 Å². The van der Waals surface area contributed by atoms with Crippen LogP contribution in [-0.4, -0.2) is 37.6 Å². The monoisotopic (exact) mass is 210 g/mol. The van der Waals surface area contributed by atoms with Crippen molar-refractivity contribution >= 4 is 0 Å². The highest BCUT2D eigenvalue weighted by Crippen LogP contribution is 2.27. The molecule has 82 valence electrons. The maximum atomic E-state index is 8.66. The highest BCUT2D eigenvalue weighted by Gasteiger charge is 2.23. The lowest BCUT2D eigenvalue weighted by molar-refractivity contribution is 0.190. The molecule has 4 heteroatoms. The molecule has 1 aromatic carbocycles. The summed E-state index contributed by atoms with van der Waals surface area (Å²) in [6.07, 6.45) is 0.232. The van der Waals surface area contributed by atoms with Gasteiger partial charge >= 0.3 is 0 Å².